The molecule has 2 unspecified atom stereocenters. The van der Waals surface area contributed by atoms with Gasteiger partial charge >= 0.3 is 5.97 Å². The van der Waals surface area contributed by atoms with Gasteiger partial charge in [-0.2, -0.15) is 11.8 Å². The normalized spacial score (nSPS) is 26.9. The Balaban J connectivity index is 2.20. The van der Waals surface area contributed by atoms with Gasteiger partial charge in [-0.1, -0.05) is 18.5 Å². The van der Waals surface area contributed by atoms with Gasteiger partial charge in [0.1, 0.15) is 5.54 Å². The monoisotopic (exact) mass is 285 g/mol. The topological polar surface area (TPSA) is 38.3 Å². The highest BCUT2D eigenvalue weighted by atomic mass is 35.5. The molecule has 0 amide bonds. The number of nitrogens with one attached hydrogen (secondary N) is 1. The van der Waals surface area contributed by atoms with E-state index in [1.165, 1.54) is 7.11 Å². The number of ether oxygens (including phenoxy) is 1. The van der Waals surface area contributed by atoms with Crippen LogP contribution >= 0.6 is 23.4 Å². The molecule has 0 aliphatic carbocycles. The summed E-state index contributed by atoms with van der Waals surface area (Å²) in [6.07, 6.45) is 0.771. The second-order valence-electron chi connectivity index (χ2n) is 4.53. The van der Waals surface area contributed by atoms with E-state index in [1.54, 1.807) is 23.9 Å². The third-order valence-corrected chi connectivity index (χ3v) is 4.70. The number of esters is 1. The van der Waals surface area contributed by atoms with Crippen LogP contribution in [-0.2, 0) is 9.53 Å². The number of rotatable bonds is 3. The first-order valence-corrected chi connectivity index (χ1v) is 7.22. The lowest BCUT2D eigenvalue weighted by Gasteiger charge is -2.28. The molecule has 0 bridgehead atoms. The predicted octanol–water partition coefficient (Wildman–Crippen LogP) is 3.19. The van der Waals surface area contributed by atoms with Crippen molar-refractivity contribution in [2.24, 2.45) is 0 Å². The Labute approximate surface area is 116 Å². The first-order chi connectivity index (χ1) is 8.55. The molecule has 1 aliphatic heterocycles. The smallest absolute Gasteiger partial charge is 0.332 e. The summed E-state index contributed by atoms with van der Waals surface area (Å²) in [5.41, 5.74) is 0.270. The van der Waals surface area contributed by atoms with E-state index < -0.39 is 5.54 Å². The van der Waals surface area contributed by atoms with Crippen LogP contribution in [0.25, 0.3) is 0 Å². The van der Waals surface area contributed by atoms with Crippen LogP contribution in [-0.4, -0.2) is 29.6 Å². The number of hydrogen-bond donors (Lipinski definition) is 1. The number of anilines is 1. The summed E-state index contributed by atoms with van der Waals surface area (Å²) in [7, 11) is 1.43. The van der Waals surface area contributed by atoms with E-state index in [9.17, 15) is 4.79 Å². The first-order valence-electron chi connectivity index (χ1n) is 5.79. The van der Waals surface area contributed by atoms with Gasteiger partial charge < -0.3 is 10.1 Å². The van der Waals surface area contributed by atoms with Crippen LogP contribution in [0.3, 0.4) is 0 Å². The maximum absolute atomic E-state index is 12.0. The third kappa shape index (κ3) is 2.75. The number of hydrogen-bond acceptors (Lipinski definition) is 4. The van der Waals surface area contributed by atoms with Gasteiger partial charge in [0.25, 0.3) is 0 Å². The number of halogens is 1. The minimum Gasteiger partial charge on any atom is -0.467 e. The second kappa shape index (κ2) is 5.41. The molecule has 0 spiro atoms. The van der Waals surface area contributed by atoms with Crippen molar-refractivity contribution in [3.63, 3.8) is 0 Å². The van der Waals surface area contributed by atoms with Crippen molar-refractivity contribution in [2.45, 2.75) is 24.1 Å². The summed E-state index contributed by atoms with van der Waals surface area (Å²) in [4.78, 5) is 12.0. The van der Waals surface area contributed by atoms with Gasteiger partial charge in [-0.15, -0.1) is 0 Å². The van der Waals surface area contributed by atoms with Crippen molar-refractivity contribution in [3.05, 3.63) is 29.3 Å². The summed E-state index contributed by atoms with van der Waals surface area (Å²) >= 11 is 7.63. The molecule has 1 saturated heterocycles. The molecule has 5 heteroatoms. The fraction of sp³-hybridized carbons (Fsp3) is 0.462. The second-order valence-corrected chi connectivity index (χ2v) is 6.39. The Morgan fingerprint density at radius 3 is 2.67 bits per heavy atom. The van der Waals surface area contributed by atoms with E-state index in [2.05, 4.69) is 12.2 Å². The molecular weight excluding hydrogens is 270 g/mol. The average molecular weight is 286 g/mol. The molecule has 0 radical (unpaired) electrons. The summed E-state index contributed by atoms with van der Waals surface area (Å²) in [5.74, 6) is 0.526. The van der Waals surface area contributed by atoms with Gasteiger partial charge in [0.15, 0.2) is 0 Å². The third-order valence-electron chi connectivity index (χ3n) is 3.05. The molecule has 2 atom stereocenters. The zero-order valence-corrected chi connectivity index (χ0v) is 12.0. The van der Waals surface area contributed by atoms with Crippen LogP contribution in [0.5, 0.6) is 0 Å². The van der Waals surface area contributed by atoms with Gasteiger partial charge in [-0.3, -0.25) is 0 Å². The lowest BCUT2D eigenvalue weighted by molar-refractivity contribution is -0.145. The van der Waals surface area contributed by atoms with E-state index >= 15 is 0 Å². The zero-order chi connectivity index (χ0) is 13.2. The van der Waals surface area contributed by atoms with E-state index in [-0.39, 0.29) is 5.97 Å². The van der Waals surface area contributed by atoms with Gasteiger partial charge in [0, 0.05) is 21.7 Å². The number of methoxy groups -OCH3 is 1. The van der Waals surface area contributed by atoms with Crippen LogP contribution < -0.4 is 5.32 Å². The van der Waals surface area contributed by atoms with Gasteiger partial charge in [0.05, 0.1) is 7.11 Å². The average Bonchev–Trinajstić information content (AvgIpc) is 2.74. The molecule has 1 aliphatic rings. The maximum atomic E-state index is 12.0. The molecule has 18 heavy (non-hydrogen) atoms. The van der Waals surface area contributed by atoms with Crippen LogP contribution in [0.1, 0.15) is 13.3 Å². The lowest BCUT2D eigenvalue weighted by Crippen LogP contribution is -2.47. The number of benzene rings is 1. The van der Waals surface area contributed by atoms with Crippen LogP contribution in [0, 0.1) is 0 Å². The van der Waals surface area contributed by atoms with Crippen molar-refractivity contribution in [2.75, 3.05) is 18.2 Å². The first kappa shape index (κ1) is 13.6. The fourth-order valence-corrected chi connectivity index (χ4v) is 3.58. The highest BCUT2D eigenvalue weighted by molar-refractivity contribution is 8.00. The van der Waals surface area contributed by atoms with Gasteiger partial charge in [0.2, 0.25) is 0 Å². The Kier molecular flexibility index (Phi) is 4.07. The Hall–Kier alpha value is -0.870. The fourth-order valence-electron chi connectivity index (χ4n) is 2.18. The van der Waals surface area contributed by atoms with Gasteiger partial charge in [-0.05, 0) is 30.7 Å². The quantitative estimate of drug-likeness (QED) is 0.866. The van der Waals surface area contributed by atoms with Crippen LogP contribution in [0.4, 0.5) is 5.69 Å². The lowest BCUT2D eigenvalue weighted by atomic mass is 9.96. The Morgan fingerprint density at radius 1 is 1.50 bits per heavy atom. The zero-order valence-electron chi connectivity index (χ0n) is 10.4. The highest BCUT2D eigenvalue weighted by Gasteiger charge is 2.45. The van der Waals surface area contributed by atoms with Crippen molar-refractivity contribution >= 4 is 35.0 Å². The minimum absolute atomic E-state index is 0.200. The van der Waals surface area contributed by atoms with Gasteiger partial charge in [-0.25, -0.2) is 4.79 Å². The number of thioether (sulfide) groups is 1. The Morgan fingerprint density at radius 2 is 2.17 bits per heavy atom. The number of carbonyl (C=O) groups is 1. The molecule has 1 fully saturated rings. The molecule has 1 heterocycles. The SMILES string of the molecule is COC(=O)C1(Nc2ccc(Cl)cc2)CSC(C)C1. The van der Waals surface area contributed by atoms with Crippen molar-refractivity contribution in [1.82, 2.24) is 0 Å². The molecule has 98 valence electrons. The predicted molar refractivity (Wildman–Crippen MR) is 76.4 cm³/mol. The maximum Gasteiger partial charge on any atom is 0.332 e. The van der Waals surface area contributed by atoms with Crippen LogP contribution in [0.15, 0.2) is 24.3 Å². The van der Waals surface area contributed by atoms with Crippen molar-refractivity contribution < 1.29 is 9.53 Å². The highest BCUT2D eigenvalue weighted by Crippen LogP contribution is 2.37. The van der Waals surface area contributed by atoms with Crippen LogP contribution in [0.2, 0.25) is 5.02 Å². The summed E-state index contributed by atoms with van der Waals surface area (Å²) in [6, 6.07) is 7.36. The van der Waals surface area contributed by atoms with Crippen molar-refractivity contribution in [1.29, 1.82) is 0 Å². The molecule has 0 aromatic heterocycles. The standard InChI is InChI=1S/C13H16ClNO2S/c1-9-7-13(8-18-9,12(16)17-2)15-11-5-3-10(14)4-6-11/h3-6,9,15H,7-8H2,1-2H3. The molecule has 3 nitrogen and oxygen atoms in total. The molecule has 1 aromatic rings. The molecular formula is C13H16ClNO2S. The van der Waals surface area contributed by atoms with E-state index in [4.69, 9.17) is 16.3 Å². The summed E-state index contributed by atoms with van der Waals surface area (Å²) in [6.45, 7) is 2.12. The van der Waals surface area contributed by atoms with E-state index in [0.29, 0.717) is 10.3 Å². The minimum atomic E-state index is -0.618. The largest absolute Gasteiger partial charge is 0.467 e. The summed E-state index contributed by atoms with van der Waals surface area (Å²) in [5, 5.41) is 4.44. The molecule has 1 N–H and O–H groups in total. The van der Waals surface area contributed by atoms with E-state index in [0.717, 1.165) is 17.9 Å². The molecule has 2 rings (SSSR count). The molecule has 0 saturated carbocycles. The van der Waals surface area contributed by atoms with Crippen molar-refractivity contribution in [3.8, 4) is 0 Å². The summed E-state index contributed by atoms with van der Waals surface area (Å²) < 4.78 is 4.94. The van der Waals surface area contributed by atoms with E-state index in [1.807, 2.05) is 12.1 Å². The Bertz CT molecular complexity index is 437. The molecule has 1 aromatic carbocycles. The number of carbonyl (C=O) groups excluding carboxylic acids is 1.